The van der Waals surface area contributed by atoms with Crippen LogP contribution in [0.2, 0.25) is 0 Å². The topological polar surface area (TPSA) is 52.5 Å². The van der Waals surface area contributed by atoms with Gasteiger partial charge in [-0.05, 0) is 30.2 Å². The third-order valence-corrected chi connectivity index (χ3v) is 3.95. The standard InChI is InChI=1S/C18H20F3NO2/c1-2-15(22-11-13-5-3-4-6-16(13)23)17(24)12-7-9-14(10-8-12)18(19,20)21/h3-10,15,17,22-24H,2,11H2,1H3. The highest BCUT2D eigenvalue weighted by atomic mass is 19.4. The van der Waals surface area contributed by atoms with Crippen LogP contribution < -0.4 is 5.32 Å². The van der Waals surface area contributed by atoms with Crippen LogP contribution in [0.3, 0.4) is 0 Å². The quantitative estimate of drug-likeness (QED) is 0.745. The second-order valence-electron chi connectivity index (χ2n) is 5.59. The zero-order valence-electron chi connectivity index (χ0n) is 13.2. The molecule has 0 aliphatic carbocycles. The molecule has 0 bridgehead atoms. The summed E-state index contributed by atoms with van der Waals surface area (Å²) in [7, 11) is 0. The minimum atomic E-state index is -4.39. The van der Waals surface area contributed by atoms with Gasteiger partial charge < -0.3 is 15.5 Å². The lowest BCUT2D eigenvalue weighted by Crippen LogP contribution is -2.34. The number of phenols is 1. The Labute approximate surface area is 138 Å². The predicted molar refractivity (Wildman–Crippen MR) is 85.4 cm³/mol. The summed E-state index contributed by atoms with van der Waals surface area (Å²) in [6.45, 7) is 2.22. The lowest BCUT2D eigenvalue weighted by Gasteiger charge is -2.24. The molecule has 2 aromatic carbocycles. The van der Waals surface area contributed by atoms with Crippen LogP contribution in [-0.4, -0.2) is 16.3 Å². The Hall–Kier alpha value is -2.05. The van der Waals surface area contributed by atoms with Crippen LogP contribution in [0.15, 0.2) is 48.5 Å². The Balaban J connectivity index is 2.05. The molecule has 2 unspecified atom stereocenters. The van der Waals surface area contributed by atoms with Gasteiger partial charge in [0.15, 0.2) is 0 Å². The van der Waals surface area contributed by atoms with Crippen LogP contribution in [0.1, 0.15) is 36.1 Å². The summed E-state index contributed by atoms with van der Waals surface area (Å²) < 4.78 is 37.8. The van der Waals surface area contributed by atoms with Gasteiger partial charge in [-0.15, -0.1) is 0 Å². The summed E-state index contributed by atoms with van der Waals surface area (Å²) in [4.78, 5) is 0. The van der Waals surface area contributed by atoms with Gasteiger partial charge in [-0.2, -0.15) is 13.2 Å². The predicted octanol–water partition coefficient (Wildman–Crippen LogP) is 4.01. The zero-order valence-corrected chi connectivity index (χ0v) is 13.2. The number of hydrogen-bond donors (Lipinski definition) is 3. The van der Waals surface area contributed by atoms with Gasteiger partial charge in [-0.3, -0.25) is 0 Å². The number of nitrogens with one attached hydrogen (secondary N) is 1. The first-order valence-corrected chi connectivity index (χ1v) is 7.68. The smallest absolute Gasteiger partial charge is 0.416 e. The fourth-order valence-corrected chi connectivity index (χ4v) is 2.48. The number of rotatable bonds is 6. The van der Waals surface area contributed by atoms with Gasteiger partial charge in [0.2, 0.25) is 0 Å². The molecule has 0 aromatic heterocycles. The third kappa shape index (κ3) is 4.49. The van der Waals surface area contributed by atoms with Gasteiger partial charge in [0.25, 0.3) is 0 Å². The number of phenolic OH excluding ortho intramolecular Hbond substituents is 1. The zero-order chi connectivity index (χ0) is 17.7. The normalized spacial score (nSPS) is 14.4. The molecule has 0 spiro atoms. The summed E-state index contributed by atoms with van der Waals surface area (Å²) in [5, 5.41) is 23.3. The van der Waals surface area contributed by atoms with E-state index >= 15 is 0 Å². The molecule has 0 amide bonds. The number of hydrogen-bond acceptors (Lipinski definition) is 3. The maximum atomic E-state index is 12.6. The molecule has 0 saturated carbocycles. The van der Waals surface area contributed by atoms with Crippen LogP contribution in [-0.2, 0) is 12.7 Å². The van der Waals surface area contributed by atoms with Gasteiger partial charge in [-0.25, -0.2) is 0 Å². The van der Waals surface area contributed by atoms with Crippen molar-refractivity contribution in [3.05, 3.63) is 65.2 Å². The average Bonchev–Trinajstić information content (AvgIpc) is 2.56. The van der Waals surface area contributed by atoms with Crippen molar-refractivity contribution in [3.63, 3.8) is 0 Å². The molecule has 0 heterocycles. The molecule has 130 valence electrons. The van der Waals surface area contributed by atoms with Gasteiger partial charge >= 0.3 is 6.18 Å². The first-order valence-electron chi connectivity index (χ1n) is 7.68. The average molecular weight is 339 g/mol. The summed E-state index contributed by atoms with van der Waals surface area (Å²) in [6, 6.07) is 11.0. The number of aliphatic hydroxyl groups excluding tert-OH is 1. The van der Waals surface area contributed by atoms with Gasteiger partial charge in [0.05, 0.1) is 11.7 Å². The van der Waals surface area contributed by atoms with E-state index in [0.717, 1.165) is 12.1 Å². The highest BCUT2D eigenvalue weighted by Crippen LogP contribution is 2.30. The molecule has 2 atom stereocenters. The Morgan fingerprint density at radius 3 is 2.21 bits per heavy atom. The molecule has 0 aliphatic rings. The minimum Gasteiger partial charge on any atom is -0.508 e. The van der Waals surface area contributed by atoms with Crippen LogP contribution in [0.25, 0.3) is 0 Å². The van der Waals surface area contributed by atoms with Crippen LogP contribution in [0.5, 0.6) is 5.75 Å². The van der Waals surface area contributed by atoms with Crippen LogP contribution in [0, 0.1) is 0 Å². The van der Waals surface area contributed by atoms with Crippen molar-refractivity contribution < 1.29 is 23.4 Å². The van der Waals surface area contributed by atoms with E-state index in [-0.39, 0.29) is 11.8 Å². The van der Waals surface area contributed by atoms with E-state index in [4.69, 9.17) is 0 Å². The van der Waals surface area contributed by atoms with Crippen molar-refractivity contribution in [3.8, 4) is 5.75 Å². The lowest BCUT2D eigenvalue weighted by atomic mass is 9.98. The molecule has 6 heteroatoms. The molecule has 0 saturated heterocycles. The molecule has 3 N–H and O–H groups in total. The molecule has 0 radical (unpaired) electrons. The van der Waals surface area contributed by atoms with Gasteiger partial charge in [-0.1, -0.05) is 37.3 Å². The van der Waals surface area contributed by atoms with E-state index in [0.29, 0.717) is 24.1 Å². The largest absolute Gasteiger partial charge is 0.508 e. The summed E-state index contributed by atoms with van der Waals surface area (Å²) in [6.07, 6.45) is -4.75. The second-order valence-corrected chi connectivity index (χ2v) is 5.59. The number of aliphatic hydroxyl groups is 1. The first kappa shape index (κ1) is 18.3. The Bertz CT molecular complexity index is 656. The summed E-state index contributed by atoms with van der Waals surface area (Å²) >= 11 is 0. The maximum Gasteiger partial charge on any atom is 0.416 e. The molecular formula is C18H20F3NO2. The highest BCUT2D eigenvalue weighted by molar-refractivity contribution is 5.32. The number of halogens is 3. The van der Waals surface area contributed by atoms with E-state index < -0.39 is 17.8 Å². The fraction of sp³-hybridized carbons (Fsp3) is 0.333. The molecule has 24 heavy (non-hydrogen) atoms. The first-order chi connectivity index (χ1) is 11.3. The number of aromatic hydroxyl groups is 1. The SMILES string of the molecule is CCC(NCc1ccccc1O)C(O)c1ccc(C(F)(F)F)cc1. The van der Waals surface area contributed by atoms with E-state index in [1.165, 1.54) is 12.1 Å². The second kappa shape index (κ2) is 7.68. The van der Waals surface area contributed by atoms with E-state index in [2.05, 4.69) is 5.32 Å². The molecule has 2 rings (SSSR count). The lowest BCUT2D eigenvalue weighted by molar-refractivity contribution is -0.137. The number of alkyl halides is 3. The molecule has 0 fully saturated rings. The van der Waals surface area contributed by atoms with E-state index in [9.17, 15) is 23.4 Å². The van der Waals surface area contributed by atoms with Crippen molar-refractivity contribution in [1.29, 1.82) is 0 Å². The monoisotopic (exact) mass is 339 g/mol. The van der Waals surface area contributed by atoms with Crippen molar-refractivity contribution in [2.24, 2.45) is 0 Å². The molecule has 2 aromatic rings. The molecule has 3 nitrogen and oxygen atoms in total. The molecular weight excluding hydrogens is 319 g/mol. The van der Waals surface area contributed by atoms with Crippen molar-refractivity contribution in [1.82, 2.24) is 5.32 Å². The van der Waals surface area contributed by atoms with E-state index in [1.54, 1.807) is 24.3 Å². The Kier molecular flexibility index (Phi) is 5.85. The van der Waals surface area contributed by atoms with Crippen LogP contribution >= 0.6 is 0 Å². The minimum absolute atomic E-state index is 0.156. The maximum absolute atomic E-state index is 12.6. The third-order valence-electron chi connectivity index (χ3n) is 3.95. The number of benzene rings is 2. The van der Waals surface area contributed by atoms with Gasteiger partial charge in [0.1, 0.15) is 5.75 Å². The number of para-hydroxylation sites is 1. The van der Waals surface area contributed by atoms with Gasteiger partial charge in [0, 0.05) is 18.2 Å². The molecule has 0 aliphatic heterocycles. The Morgan fingerprint density at radius 2 is 1.67 bits per heavy atom. The van der Waals surface area contributed by atoms with Crippen molar-refractivity contribution in [2.45, 2.75) is 38.2 Å². The Morgan fingerprint density at radius 1 is 1.04 bits per heavy atom. The summed E-state index contributed by atoms with van der Waals surface area (Å²) in [5.41, 5.74) is 0.365. The highest BCUT2D eigenvalue weighted by Gasteiger charge is 2.30. The van der Waals surface area contributed by atoms with Crippen LogP contribution in [0.4, 0.5) is 13.2 Å². The fourth-order valence-electron chi connectivity index (χ4n) is 2.48. The van der Waals surface area contributed by atoms with E-state index in [1.807, 2.05) is 6.92 Å². The summed E-state index contributed by atoms with van der Waals surface area (Å²) in [5.74, 6) is 0.156. The van der Waals surface area contributed by atoms with Crippen molar-refractivity contribution in [2.75, 3.05) is 0 Å². The van der Waals surface area contributed by atoms with Crippen molar-refractivity contribution >= 4 is 0 Å².